The Morgan fingerprint density at radius 2 is 1.22 bits per heavy atom. The molecule has 16 nitrogen and oxygen atoms in total. The van der Waals surface area contributed by atoms with Crippen molar-refractivity contribution >= 4 is 29.5 Å². The topological polar surface area (TPSA) is 294 Å². The number of carboxylic acids is 1. The summed E-state index contributed by atoms with van der Waals surface area (Å²) in [4.78, 5) is 68.6. The number of Topliss-reactive ketones (excluding diaryl/α,β-unsaturated/α-hetero) is 1. The van der Waals surface area contributed by atoms with E-state index in [1.165, 1.54) is 12.1 Å². The van der Waals surface area contributed by atoms with Crippen LogP contribution in [0.5, 0.6) is 34.5 Å². The van der Waals surface area contributed by atoms with Gasteiger partial charge in [0.1, 0.15) is 0 Å². The van der Waals surface area contributed by atoms with Crippen LogP contribution in [-0.2, 0) is 9.59 Å². The van der Waals surface area contributed by atoms with E-state index in [2.05, 4.69) is 5.32 Å². The zero-order valence-corrected chi connectivity index (χ0v) is 26.2. The highest BCUT2D eigenvalue weighted by Gasteiger charge is 2.57. The lowest BCUT2D eigenvalue weighted by molar-refractivity contribution is -0.154. The predicted molar refractivity (Wildman–Crippen MR) is 172 cm³/mol. The number of carboxylic acid groups (broad SMARTS) is 1. The summed E-state index contributed by atoms with van der Waals surface area (Å²) in [7, 11) is 0. The van der Waals surface area contributed by atoms with Gasteiger partial charge in [0.25, 0.3) is 11.8 Å². The maximum Gasteiger partial charge on any atom is 0.338 e. The Bertz CT molecular complexity index is 1730. The second-order valence-corrected chi connectivity index (χ2v) is 11.1. The van der Waals surface area contributed by atoms with Gasteiger partial charge in [0.15, 0.2) is 34.5 Å². The van der Waals surface area contributed by atoms with Gasteiger partial charge in [0.05, 0.1) is 22.7 Å². The van der Waals surface area contributed by atoms with Crippen molar-refractivity contribution in [3.05, 3.63) is 71.3 Å². The Hall–Kier alpha value is -5.87. The summed E-state index contributed by atoms with van der Waals surface area (Å²) >= 11 is 0. The van der Waals surface area contributed by atoms with Gasteiger partial charge in [-0.05, 0) is 75.0 Å². The standard InChI is InChI=1S/C33H38N4O12/c34-16-3-1-11-21(35)31(47)37(30(46)20-10-7-14-24(40)27(20)43)33(32(48)49,28(44)18-8-5-12-22(38)25(18)41)15-2-4-17-36-29(45)19-9-6-13-23(39)26(19)42/h5-10,12-14,21,38-43H,1-4,11,15-17,34-35H2,(H,36,45)(H,48,49)/t21-,33+/m0/s1. The number of unbranched alkanes of at least 4 members (excludes halogenated alkanes) is 2. The number of benzene rings is 3. The van der Waals surface area contributed by atoms with Gasteiger partial charge >= 0.3 is 5.97 Å². The lowest BCUT2D eigenvalue weighted by atomic mass is 9.81. The van der Waals surface area contributed by atoms with Crippen molar-refractivity contribution in [3.63, 3.8) is 0 Å². The van der Waals surface area contributed by atoms with Gasteiger partial charge in [-0.25, -0.2) is 4.79 Å². The first-order valence-corrected chi connectivity index (χ1v) is 15.1. The van der Waals surface area contributed by atoms with E-state index in [0.29, 0.717) is 6.42 Å². The first-order valence-electron chi connectivity index (χ1n) is 15.1. The third kappa shape index (κ3) is 7.99. The second-order valence-electron chi connectivity index (χ2n) is 11.1. The normalized spacial score (nSPS) is 12.8. The zero-order chi connectivity index (χ0) is 36.5. The summed E-state index contributed by atoms with van der Waals surface area (Å²) in [5.41, 5.74) is 6.73. The Morgan fingerprint density at radius 3 is 1.78 bits per heavy atom. The molecule has 49 heavy (non-hydrogen) atoms. The number of nitrogens with one attached hydrogen (secondary N) is 1. The molecule has 0 aliphatic heterocycles. The fraction of sp³-hybridized carbons (Fsp3) is 0.303. The molecule has 0 heterocycles. The number of nitrogens with two attached hydrogens (primary N) is 2. The van der Waals surface area contributed by atoms with E-state index in [1.54, 1.807) is 0 Å². The number of hydrogen-bond acceptors (Lipinski definition) is 13. The molecule has 0 bridgehead atoms. The molecule has 3 rings (SSSR count). The van der Waals surface area contributed by atoms with Crippen LogP contribution in [0, 0.1) is 0 Å². The Kier molecular flexibility index (Phi) is 12.5. The SMILES string of the molecule is NCCCC[C@H](N)C(=O)N(C(=O)c1cccc(O)c1O)[C@@](CCCCNC(=O)c1cccc(O)c1O)(C(=O)O)C(=O)c1cccc(O)c1O. The van der Waals surface area contributed by atoms with Crippen LogP contribution in [0.2, 0.25) is 0 Å². The number of aromatic hydroxyl groups is 6. The molecule has 0 saturated carbocycles. The molecule has 3 aromatic rings. The molecule has 0 aromatic heterocycles. The maximum atomic E-state index is 14.3. The Labute approximate surface area is 279 Å². The molecule has 2 atom stereocenters. The van der Waals surface area contributed by atoms with Crippen LogP contribution < -0.4 is 16.8 Å². The summed E-state index contributed by atoms with van der Waals surface area (Å²) in [5, 5.41) is 74.3. The van der Waals surface area contributed by atoms with E-state index in [9.17, 15) is 59.7 Å². The van der Waals surface area contributed by atoms with Gasteiger partial charge in [-0.1, -0.05) is 24.6 Å². The van der Waals surface area contributed by atoms with Crippen molar-refractivity contribution < 1.29 is 59.7 Å². The van der Waals surface area contributed by atoms with Crippen molar-refractivity contribution in [3.8, 4) is 34.5 Å². The van der Waals surface area contributed by atoms with Gasteiger partial charge < -0.3 is 52.5 Å². The number of amides is 3. The number of rotatable bonds is 16. The number of carbonyl (C=O) groups excluding carboxylic acids is 4. The molecule has 0 aliphatic carbocycles. The minimum Gasteiger partial charge on any atom is -0.504 e. The molecule has 12 N–H and O–H groups in total. The van der Waals surface area contributed by atoms with E-state index in [4.69, 9.17) is 11.5 Å². The van der Waals surface area contributed by atoms with Gasteiger partial charge in [-0.3, -0.25) is 24.1 Å². The van der Waals surface area contributed by atoms with Gasteiger partial charge in [-0.2, -0.15) is 0 Å². The third-order valence-corrected chi connectivity index (χ3v) is 7.84. The van der Waals surface area contributed by atoms with E-state index in [1.807, 2.05) is 0 Å². The van der Waals surface area contributed by atoms with Crippen molar-refractivity contribution in [2.45, 2.75) is 50.1 Å². The molecular formula is C33H38N4O12. The van der Waals surface area contributed by atoms with Crippen LogP contribution in [-0.4, -0.2) is 94.8 Å². The van der Waals surface area contributed by atoms with E-state index >= 15 is 0 Å². The molecule has 262 valence electrons. The molecule has 0 radical (unpaired) electrons. The predicted octanol–water partition coefficient (Wildman–Crippen LogP) is 1.65. The maximum absolute atomic E-state index is 14.3. The van der Waals surface area contributed by atoms with E-state index in [-0.39, 0.29) is 49.2 Å². The number of carbonyl (C=O) groups is 5. The van der Waals surface area contributed by atoms with Crippen molar-refractivity contribution in [2.24, 2.45) is 11.5 Å². The highest BCUT2D eigenvalue weighted by molar-refractivity contribution is 6.24. The largest absolute Gasteiger partial charge is 0.504 e. The third-order valence-electron chi connectivity index (χ3n) is 7.84. The number of imide groups is 1. The van der Waals surface area contributed by atoms with Gasteiger partial charge in [-0.15, -0.1) is 0 Å². The van der Waals surface area contributed by atoms with Crippen LogP contribution in [0.3, 0.4) is 0 Å². The fourth-order valence-corrected chi connectivity index (χ4v) is 5.17. The first-order chi connectivity index (χ1) is 23.2. The molecule has 3 amide bonds. The van der Waals surface area contributed by atoms with Crippen LogP contribution in [0.25, 0.3) is 0 Å². The summed E-state index contributed by atoms with van der Waals surface area (Å²) in [5.74, 6) is -12.1. The van der Waals surface area contributed by atoms with Crippen molar-refractivity contribution in [1.29, 1.82) is 0 Å². The summed E-state index contributed by atoms with van der Waals surface area (Å²) in [6.07, 6.45) is -0.588. The lowest BCUT2D eigenvalue weighted by Crippen LogP contribution is -2.66. The van der Waals surface area contributed by atoms with Crippen LogP contribution in [0.1, 0.15) is 69.6 Å². The Balaban J connectivity index is 2.12. The smallest absolute Gasteiger partial charge is 0.338 e. The summed E-state index contributed by atoms with van der Waals surface area (Å²) < 4.78 is 0. The van der Waals surface area contributed by atoms with Crippen LogP contribution >= 0.6 is 0 Å². The minimum absolute atomic E-state index is 0.0736. The van der Waals surface area contributed by atoms with Crippen LogP contribution in [0.15, 0.2) is 54.6 Å². The highest BCUT2D eigenvalue weighted by atomic mass is 16.4. The summed E-state index contributed by atoms with van der Waals surface area (Å²) in [6, 6.07) is 8.38. The number of nitrogens with zero attached hydrogens (tertiary/aromatic N) is 1. The zero-order valence-electron chi connectivity index (χ0n) is 26.2. The monoisotopic (exact) mass is 682 g/mol. The minimum atomic E-state index is -3.17. The Morgan fingerprint density at radius 1 is 0.714 bits per heavy atom. The van der Waals surface area contributed by atoms with Crippen LogP contribution in [0.4, 0.5) is 0 Å². The number of para-hydroxylation sites is 3. The molecule has 0 spiro atoms. The molecule has 0 saturated heterocycles. The number of phenols is 6. The molecule has 0 fully saturated rings. The average Bonchev–Trinajstić information content (AvgIpc) is 3.06. The number of aliphatic carboxylic acids is 1. The number of ketones is 1. The first kappa shape index (κ1) is 37.6. The summed E-state index contributed by atoms with van der Waals surface area (Å²) in [6.45, 7) is 0.0552. The molecule has 3 aromatic carbocycles. The average molecular weight is 683 g/mol. The quantitative estimate of drug-likeness (QED) is 0.0445. The van der Waals surface area contributed by atoms with Gasteiger partial charge in [0, 0.05) is 6.54 Å². The molecule has 16 heteroatoms. The van der Waals surface area contributed by atoms with Crippen molar-refractivity contribution in [1.82, 2.24) is 10.2 Å². The molecule has 0 aliphatic rings. The number of phenolic OH excluding ortho intramolecular Hbond substituents is 6. The van der Waals surface area contributed by atoms with E-state index in [0.717, 1.165) is 42.5 Å². The van der Waals surface area contributed by atoms with Gasteiger partial charge in [0.2, 0.25) is 17.2 Å². The fourth-order valence-electron chi connectivity index (χ4n) is 5.17. The van der Waals surface area contributed by atoms with Crippen molar-refractivity contribution in [2.75, 3.05) is 13.1 Å². The lowest BCUT2D eigenvalue weighted by Gasteiger charge is -2.39. The molecule has 0 unspecified atom stereocenters. The molecular weight excluding hydrogens is 644 g/mol. The van der Waals surface area contributed by atoms with E-state index < -0.39 is 93.1 Å². The second kappa shape index (κ2) is 16.3. The number of hydrogen-bond donors (Lipinski definition) is 10. The highest BCUT2D eigenvalue weighted by Crippen LogP contribution is 2.38.